The van der Waals surface area contributed by atoms with E-state index < -0.39 is 10.4 Å². The molecule has 0 bridgehead atoms. The van der Waals surface area contributed by atoms with Crippen LogP contribution in [0.15, 0.2) is 0 Å². The van der Waals surface area contributed by atoms with Crippen molar-refractivity contribution in [2.24, 2.45) is 0 Å². The van der Waals surface area contributed by atoms with Gasteiger partial charge in [0.2, 0.25) is 0 Å². The third-order valence-corrected chi connectivity index (χ3v) is 0. The Bertz CT molecular complexity index is 106. The molecule has 0 atom stereocenters. The molecule has 8 heavy (non-hydrogen) atoms. The summed E-state index contributed by atoms with van der Waals surface area (Å²) in [4.78, 5) is 0. The van der Waals surface area contributed by atoms with E-state index in [1.165, 1.54) is 0 Å². The van der Waals surface area contributed by atoms with E-state index in [9.17, 15) is 0 Å². The third-order valence-electron chi connectivity index (χ3n) is 0. The molecule has 0 aromatic rings. The Morgan fingerprint density at radius 1 is 1.12 bits per heavy atom. The number of hydrogen-bond acceptors (Lipinski definition) is 5. The Morgan fingerprint density at radius 3 is 1.12 bits per heavy atom. The predicted octanol–water partition coefficient (Wildman–Crippen LogP) is -2.49. The van der Waals surface area contributed by atoms with E-state index in [-0.39, 0.29) is 23.1 Å². The monoisotopic (exact) mass is 164 g/mol. The van der Waals surface area contributed by atoms with Crippen LogP contribution in [-0.2, 0) is 14.2 Å². The number of rotatable bonds is 0. The second-order valence-corrected chi connectivity index (χ2v) is 1.22. The van der Waals surface area contributed by atoms with Crippen LogP contribution in [-0.4, -0.2) is 56.8 Å². The molecule has 0 aromatic carbocycles. The second-order valence-electron chi connectivity index (χ2n) is 0.408. The van der Waals surface area contributed by atoms with Crippen LogP contribution >= 0.6 is 0 Å². The second kappa shape index (κ2) is 7.97. The van der Waals surface area contributed by atoms with Crippen molar-refractivity contribution in [3.05, 3.63) is 0 Å². The van der Waals surface area contributed by atoms with Crippen LogP contribution < -0.4 is 0 Å². The van der Waals surface area contributed by atoms with Crippen LogP contribution in [0.4, 0.5) is 0 Å². The molecule has 42 valence electrons. The van der Waals surface area contributed by atoms with E-state index in [4.69, 9.17) is 21.3 Å². The quantitative estimate of drug-likeness (QED) is 0.224. The fraction of sp³-hybridized carbons (Fsp3) is 0. The summed E-state index contributed by atoms with van der Waals surface area (Å²) < 4.78 is 42.4. The summed E-state index contributed by atoms with van der Waals surface area (Å²) in [7, 11) is -5.17. The molecular formula is HAlMgO5S. The Morgan fingerprint density at radius 2 is 1.12 bits per heavy atom. The van der Waals surface area contributed by atoms with Gasteiger partial charge in [0.15, 0.2) is 0 Å². The van der Waals surface area contributed by atoms with Gasteiger partial charge in [-0.05, 0) is 0 Å². The van der Waals surface area contributed by atoms with E-state index >= 15 is 0 Å². The Balaban J connectivity index is -0.0000000750. The van der Waals surface area contributed by atoms with Gasteiger partial charge in [0, 0.05) is 10.4 Å². The molecule has 0 saturated heterocycles. The van der Waals surface area contributed by atoms with Crippen molar-refractivity contribution < 1.29 is 21.3 Å². The Hall–Kier alpha value is 0.969. The van der Waals surface area contributed by atoms with Crippen molar-refractivity contribution in [3.63, 3.8) is 0 Å². The standard InChI is InChI=1S/Al.Mg.H2O4S.O.H/c;;1-5(2,3)4;;/h;;(H2,1,2,3,4);;/q;+2;;;/p-2. The van der Waals surface area contributed by atoms with E-state index in [1.807, 2.05) is 0 Å². The summed E-state index contributed by atoms with van der Waals surface area (Å²) in [5, 5.41) is 0. The first-order valence-electron chi connectivity index (χ1n) is 0.955. The van der Waals surface area contributed by atoms with Gasteiger partial charge in [0.05, 0.1) is 0 Å². The molecule has 0 fully saturated rings. The summed E-state index contributed by atoms with van der Waals surface area (Å²) in [6.07, 6.45) is 0. The summed E-state index contributed by atoms with van der Waals surface area (Å²) >= 11 is 0.611. The molecule has 0 aliphatic heterocycles. The maximum absolute atomic E-state index is 8.52. The average molecular weight is 164 g/mol. The van der Waals surface area contributed by atoms with Crippen LogP contribution in [0.25, 0.3) is 0 Å². The van der Waals surface area contributed by atoms with Crippen LogP contribution in [0.3, 0.4) is 0 Å². The first kappa shape index (κ1) is 16.0. The van der Waals surface area contributed by atoms with Crippen molar-refractivity contribution in [2.45, 2.75) is 0 Å². The van der Waals surface area contributed by atoms with Gasteiger partial charge in [0.25, 0.3) is 0 Å². The van der Waals surface area contributed by atoms with Crippen molar-refractivity contribution in [3.8, 4) is 0 Å². The van der Waals surface area contributed by atoms with Crippen molar-refractivity contribution >= 4 is 49.7 Å². The fourth-order valence-electron chi connectivity index (χ4n) is 0. The minimum absolute atomic E-state index is 0. The molecule has 0 radical (unpaired) electrons. The van der Waals surface area contributed by atoms with E-state index in [0.29, 0.717) is 16.2 Å². The molecular weight excluding hydrogens is 163 g/mol. The molecule has 0 amide bonds. The zero-order chi connectivity index (χ0) is 6.50. The van der Waals surface area contributed by atoms with Gasteiger partial charge in [0.1, 0.15) is 0 Å². The van der Waals surface area contributed by atoms with E-state index in [2.05, 4.69) is 0 Å². The van der Waals surface area contributed by atoms with Crippen LogP contribution in [0.2, 0.25) is 0 Å². The fourth-order valence-corrected chi connectivity index (χ4v) is 0. The van der Waals surface area contributed by atoms with Gasteiger partial charge in [-0.15, -0.1) is 0 Å². The summed E-state index contributed by atoms with van der Waals surface area (Å²) in [5.41, 5.74) is 0. The molecule has 0 N–H and O–H groups in total. The normalized spacial score (nSPS) is 7.62. The Labute approximate surface area is 70.8 Å². The molecule has 0 unspecified atom stereocenters. The molecule has 0 aliphatic carbocycles. The van der Waals surface area contributed by atoms with Crippen LogP contribution in [0.1, 0.15) is 0 Å². The van der Waals surface area contributed by atoms with Gasteiger partial charge in [-0.25, -0.2) is 0 Å². The first-order valence-corrected chi connectivity index (χ1v) is 2.87. The molecule has 0 aliphatic rings. The van der Waals surface area contributed by atoms with Crippen molar-refractivity contribution in [1.29, 1.82) is 0 Å². The minimum atomic E-state index is -5.17. The summed E-state index contributed by atoms with van der Waals surface area (Å²) in [6, 6.07) is 0. The summed E-state index contributed by atoms with van der Waals surface area (Å²) in [6.45, 7) is 0. The zero-order valence-electron chi connectivity index (χ0n) is 3.86. The summed E-state index contributed by atoms with van der Waals surface area (Å²) in [5.74, 6) is 0. The van der Waals surface area contributed by atoms with E-state index in [1.54, 1.807) is 0 Å². The molecule has 0 rings (SSSR count). The van der Waals surface area contributed by atoms with Crippen LogP contribution in [0.5, 0.6) is 0 Å². The molecule has 8 heteroatoms. The maximum atomic E-state index is 8.52. The van der Waals surface area contributed by atoms with Gasteiger partial charge in [-0.3, -0.25) is 8.42 Å². The van der Waals surface area contributed by atoms with E-state index in [0.717, 1.165) is 0 Å². The Kier molecular flexibility index (Phi) is 15.9. The number of hydrogen-bond donors (Lipinski definition) is 0. The molecule has 0 heterocycles. The SMILES string of the molecule is O=S(=O)([O-])[O-].[Mg+2].[O]=[AlH]. The topological polar surface area (TPSA) is 97.3 Å². The molecule has 0 spiro atoms. The van der Waals surface area contributed by atoms with Gasteiger partial charge in [-0.1, -0.05) is 0 Å². The van der Waals surface area contributed by atoms with Gasteiger partial charge < -0.3 is 9.11 Å². The average Bonchev–Trinajstić information content (AvgIpc) is 1.36. The van der Waals surface area contributed by atoms with Crippen LogP contribution in [0, 0.1) is 0 Å². The van der Waals surface area contributed by atoms with Crippen molar-refractivity contribution in [2.75, 3.05) is 0 Å². The van der Waals surface area contributed by atoms with Gasteiger partial charge >= 0.3 is 43.1 Å². The molecule has 5 nitrogen and oxygen atoms in total. The predicted molar refractivity (Wildman–Crippen MR) is 24.1 cm³/mol. The first-order chi connectivity index (χ1) is 3.00. The molecule has 0 aromatic heterocycles. The molecule has 0 saturated carbocycles. The van der Waals surface area contributed by atoms with Gasteiger partial charge in [-0.2, -0.15) is 0 Å². The van der Waals surface area contributed by atoms with Crippen molar-refractivity contribution in [1.82, 2.24) is 0 Å². The third kappa shape index (κ3) is 265. The zero-order valence-corrected chi connectivity index (χ0v) is 7.51.